The summed E-state index contributed by atoms with van der Waals surface area (Å²) in [5.74, 6) is 1.11. The quantitative estimate of drug-likeness (QED) is 0.688. The van der Waals surface area contributed by atoms with Gasteiger partial charge in [-0.05, 0) is 63.0 Å². The van der Waals surface area contributed by atoms with Crippen LogP contribution in [0.25, 0.3) is 0 Å². The molecule has 1 N–H and O–H groups in total. The first kappa shape index (κ1) is 20.5. The first-order chi connectivity index (χ1) is 12.9. The van der Waals surface area contributed by atoms with Crippen molar-refractivity contribution in [3.05, 3.63) is 59.7 Å². The van der Waals surface area contributed by atoms with Gasteiger partial charge in [0.1, 0.15) is 11.5 Å². The summed E-state index contributed by atoms with van der Waals surface area (Å²) in [6, 6.07) is 14.5. The van der Waals surface area contributed by atoms with Crippen LogP contribution in [0, 0.1) is 0 Å². The van der Waals surface area contributed by atoms with Crippen molar-refractivity contribution < 1.29 is 19.1 Å². The van der Waals surface area contributed by atoms with E-state index in [1.807, 2.05) is 43.3 Å². The third kappa shape index (κ3) is 6.11. The van der Waals surface area contributed by atoms with Gasteiger partial charge in [-0.25, -0.2) is 0 Å². The molecule has 1 unspecified atom stereocenters. The standard InChI is InChI=1S/C21H26N2O4/c1-15(24)16-8-10-18(11-9-16)27-14-21(25)22-13-20(23(2)3)17-6-5-7-19(12-17)26-4/h5-12,20H,13-14H2,1-4H3,(H,22,25). The molecule has 0 aliphatic rings. The summed E-state index contributed by atoms with van der Waals surface area (Å²) in [5.41, 5.74) is 1.67. The maximum absolute atomic E-state index is 12.1. The highest BCUT2D eigenvalue weighted by Crippen LogP contribution is 2.22. The van der Waals surface area contributed by atoms with E-state index in [-0.39, 0.29) is 24.3 Å². The predicted molar refractivity (Wildman–Crippen MR) is 104 cm³/mol. The van der Waals surface area contributed by atoms with Gasteiger partial charge in [0, 0.05) is 12.1 Å². The number of rotatable bonds is 9. The molecule has 1 amide bonds. The van der Waals surface area contributed by atoms with Crippen LogP contribution >= 0.6 is 0 Å². The molecule has 2 aromatic carbocycles. The van der Waals surface area contributed by atoms with Gasteiger partial charge in [0.25, 0.3) is 5.91 Å². The monoisotopic (exact) mass is 370 g/mol. The fraction of sp³-hybridized carbons (Fsp3) is 0.333. The van der Waals surface area contributed by atoms with Crippen molar-refractivity contribution in [1.29, 1.82) is 0 Å². The zero-order valence-electron chi connectivity index (χ0n) is 16.2. The van der Waals surface area contributed by atoms with Gasteiger partial charge in [-0.15, -0.1) is 0 Å². The second kappa shape index (κ2) is 9.73. The van der Waals surface area contributed by atoms with E-state index in [1.54, 1.807) is 31.4 Å². The Bertz CT molecular complexity index is 772. The Labute approximate surface area is 160 Å². The fourth-order valence-electron chi connectivity index (χ4n) is 2.64. The summed E-state index contributed by atoms with van der Waals surface area (Å²) < 4.78 is 10.8. The third-order valence-electron chi connectivity index (χ3n) is 4.23. The number of carbonyl (C=O) groups is 2. The molecule has 1 atom stereocenters. The largest absolute Gasteiger partial charge is 0.497 e. The van der Waals surface area contributed by atoms with Crippen molar-refractivity contribution in [3.63, 3.8) is 0 Å². The van der Waals surface area contributed by atoms with Crippen molar-refractivity contribution in [2.75, 3.05) is 34.4 Å². The summed E-state index contributed by atoms with van der Waals surface area (Å²) in [6.45, 7) is 1.87. The van der Waals surface area contributed by atoms with E-state index in [0.29, 0.717) is 17.9 Å². The first-order valence-electron chi connectivity index (χ1n) is 8.71. The summed E-state index contributed by atoms with van der Waals surface area (Å²) in [6.07, 6.45) is 0. The van der Waals surface area contributed by atoms with Crippen LogP contribution in [0.3, 0.4) is 0 Å². The van der Waals surface area contributed by atoms with E-state index >= 15 is 0 Å². The molecule has 2 aromatic rings. The lowest BCUT2D eigenvalue weighted by molar-refractivity contribution is -0.123. The average molecular weight is 370 g/mol. The number of amides is 1. The lowest BCUT2D eigenvalue weighted by Gasteiger charge is -2.25. The summed E-state index contributed by atoms with van der Waals surface area (Å²) in [4.78, 5) is 25.4. The number of Topliss-reactive ketones (excluding diaryl/α,β-unsaturated/α-hetero) is 1. The van der Waals surface area contributed by atoms with Crippen LogP contribution in [0.4, 0.5) is 0 Å². The Hall–Kier alpha value is -2.86. The van der Waals surface area contributed by atoms with E-state index in [1.165, 1.54) is 6.92 Å². The smallest absolute Gasteiger partial charge is 0.258 e. The predicted octanol–water partition coefficient (Wildman–Crippen LogP) is 2.70. The third-order valence-corrected chi connectivity index (χ3v) is 4.23. The van der Waals surface area contributed by atoms with Gasteiger partial charge >= 0.3 is 0 Å². The molecule has 2 rings (SSSR count). The normalized spacial score (nSPS) is 11.7. The zero-order chi connectivity index (χ0) is 19.8. The molecular formula is C21H26N2O4. The number of ether oxygens (including phenoxy) is 2. The zero-order valence-corrected chi connectivity index (χ0v) is 16.2. The Morgan fingerprint density at radius 2 is 1.78 bits per heavy atom. The number of methoxy groups -OCH3 is 1. The minimum atomic E-state index is -0.208. The van der Waals surface area contributed by atoms with Gasteiger partial charge in [0.05, 0.1) is 13.2 Å². The lowest BCUT2D eigenvalue weighted by atomic mass is 10.1. The van der Waals surface area contributed by atoms with Crippen molar-refractivity contribution in [2.45, 2.75) is 13.0 Å². The van der Waals surface area contributed by atoms with Crippen LogP contribution in [0.2, 0.25) is 0 Å². The summed E-state index contributed by atoms with van der Waals surface area (Å²) in [7, 11) is 5.55. The van der Waals surface area contributed by atoms with Gasteiger partial charge in [-0.3, -0.25) is 9.59 Å². The molecule has 0 aromatic heterocycles. The summed E-state index contributed by atoms with van der Waals surface area (Å²) in [5, 5.41) is 2.90. The van der Waals surface area contributed by atoms with E-state index in [9.17, 15) is 9.59 Å². The molecule has 0 saturated carbocycles. The number of benzene rings is 2. The highest BCUT2D eigenvalue weighted by molar-refractivity contribution is 5.94. The number of carbonyl (C=O) groups excluding carboxylic acids is 2. The van der Waals surface area contributed by atoms with Crippen LogP contribution in [0.1, 0.15) is 28.9 Å². The topological polar surface area (TPSA) is 67.9 Å². The van der Waals surface area contributed by atoms with E-state index in [0.717, 1.165) is 11.3 Å². The molecule has 0 spiro atoms. The van der Waals surface area contributed by atoms with Crippen LogP contribution in [0.15, 0.2) is 48.5 Å². The number of nitrogens with zero attached hydrogens (tertiary/aromatic N) is 1. The minimum absolute atomic E-state index is 0.00781. The maximum atomic E-state index is 12.1. The van der Waals surface area contributed by atoms with Crippen molar-refractivity contribution >= 4 is 11.7 Å². The molecular weight excluding hydrogens is 344 g/mol. The van der Waals surface area contributed by atoms with Crippen molar-refractivity contribution in [3.8, 4) is 11.5 Å². The lowest BCUT2D eigenvalue weighted by Crippen LogP contribution is -2.36. The highest BCUT2D eigenvalue weighted by Gasteiger charge is 2.16. The average Bonchev–Trinajstić information content (AvgIpc) is 2.66. The molecule has 0 bridgehead atoms. The van der Waals surface area contributed by atoms with Gasteiger partial charge in [0.15, 0.2) is 12.4 Å². The van der Waals surface area contributed by atoms with E-state index in [2.05, 4.69) is 5.32 Å². The number of likely N-dealkylation sites (N-methyl/N-ethyl adjacent to an activating group) is 1. The molecule has 27 heavy (non-hydrogen) atoms. The first-order valence-corrected chi connectivity index (χ1v) is 8.71. The Kier molecular flexibility index (Phi) is 7.37. The molecule has 0 aliphatic heterocycles. The minimum Gasteiger partial charge on any atom is -0.497 e. The molecule has 0 heterocycles. The second-order valence-electron chi connectivity index (χ2n) is 6.43. The van der Waals surface area contributed by atoms with Crippen molar-refractivity contribution in [1.82, 2.24) is 10.2 Å². The number of hydrogen-bond acceptors (Lipinski definition) is 5. The van der Waals surface area contributed by atoms with Crippen LogP contribution in [-0.4, -0.2) is 50.9 Å². The molecule has 0 saturated heterocycles. The Morgan fingerprint density at radius 3 is 2.37 bits per heavy atom. The van der Waals surface area contributed by atoms with Crippen LogP contribution in [0.5, 0.6) is 11.5 Å². The number of ketones is 1. The van der Waals surface area contributed by atoms with Gasteiger partial charge in [0.2, 0.25) is 0 Å². The van der Waals surface area contributed by atoms with E-state index < -0.39 is 0 Å². The molecule has 0 aliphatic carbocycles. The fourth-order valence-corrected chi connectivity index (χ4v) is 2.64. The Morgan fingerprint density at radius 1 is 1.07 bits per heavy atom. The van der Waals surface area contributed by atoms with Gasteiger partial charge in [-0.1, -0.05) is 12.1 Å². The Balaban J connectivity index is 1.89. The van der Waals surface area contributed by atoms with Crippen LogP contribution in [-0.2, 0) is 4.79 Å². The second-order valence-corrected chi connectivity index (χ2v) is 6.43. The summed E-state index contributed by atoms with van der Waals surface area (Å²) >= 11 is 0. The molecule has 6 nitrogen and oxygen atoms in total. The van der Waals surface area contributed by atoms with Crippen molar-refractivity contribution in [2.24, 2.45) is 0 Å². The number of nitrogens with one attached hydrogen (secondary N) is 1. The molecule has 0 fully saturated rings. The molecule has 0 radical (unpaired) electrons. The van der Waals surface area contributed by atoms with Crippen LogP contribution < -0.4 is 14.8 Å². The van der Waals surface area contributed by atoms with Gasteiger partial charge < -0.3 is 19.7 Å². The highest BCUT2D eigenvalue weighted by atomic mass is 16.5. The number of hydrogen-bond donors (Lipinski definition) is 1. The van der Waals surface area contributed by atoms with E-state index in [4.69, 9.17) is 9.47 Å². The van der Waals surface area contributed by atoms with Gasteiger partial charge in [-0.2, -0.15) is 0 Å². The maximum Gasteiger partial charge on any atom is 0.258 e. The SMILES string of the molecule is COc1cccc(C(CNC(=O)COc2ccc(C(C)=O)cc2)N(C)C)c1. The molecule has 6 heteroatoms. The molecule has 144 valence electrons.